The molecular formula is C15H23ClN2O2. The van der Waals surface area contributed by atoms with Crippen LogP contribution in [-0.4, -0.2) is 31.3 Å². The van der Waals surface area contributed by atoms with Gasteiger partial charge in [-0.25, -0.2) is 0 Å². The topological polar surface area (TPSA) is 47.7 Å². The Kier molecular flexibility index (Phi) is 5.13. The molecular weight excluding hydrogens is 276 g/mol. The fraction of sp³-hybridized carbons (Fsp3) is 0.600. The first-order chi connectivity index (χ1) is 9.58. The predicted molar refractivity (Wildman–Crippen MR) is 81.5 cm³/mol. The number of hydrogen-bond acceptors (Lipinski definition) is 4. The average molecular weight is 299 g/mol. The Morgan fingerprint density at radius 3 is 2.80 bits per heavy atom. The zero-order valence-corrected chi connectivity index (χ0v) is 13.1. The molecule has 2 N–H and O–H groups in total. The van der Waals surface area contributed by atoms with Crippen LogP contribution < -0.4 is 15.2 Å². The van der Waals surface area contributed by atoms with Gasteiger partial charge in [0.25, 0.3) is 0 Å². The molecule has 4 nitrogen and oxygen atoms in total. The zero-order valence-electron chi connectivity index (χ0n) is 12.4. The maximum atomic E-state index is 6.26. The Morgan fingerprint density at radius 1 is 1.40 bits per heavy atom. The van der Waals surface area contributed by atoms with Crippen molar-refractivity contribution in [3.8, 4) is 11.5 Å². The molecule has 0 fully saturated rings. The van der Waals surface area contributed by atoms with Gasteiger partial charge >= 0.3 is 0 Å². The lowest BCUT2D eigenvalue weighted by atomic mass is 10.0. The molecule has 1 aliphatic rings. The average Bonchev–Trinajstić information content (AvgIpc) is 2.88. The van der Waals surface area contributed by atoms with E-state index in [1.807, 2.05) is 12.1 Å². The van der Waals surface area contributed by atoms with E-state index in [0.29, 0.717) is 29.1 Å². The molecule has 0 spiro atoms. The lowest BCUT2D eigenvalue weighted by Crippen LogP contribution is -2.37. The first-order valence-corrected chi connectivity index (χ1v) is 7.47. The third kappa shape index (κ3) is 3.03. The number of benzene rings is 1. The summed E-state index contributed by atoms with van der Waals surface area (Å²) in [5.74, 6) is 1.35. The van der Waals surface area contributed by atoms with Crippen LogP contribution in [0.3, 0.4) is 0 Å². The molecule has 0 saturated carbocycles. The molecule has 0 bridgehead atoms. The molecule has 1 aliphatic heterocycles. The van der Waals surface area contributed by atoms with E-state index in [0.717, 1.165) is 18.4 Å². The fourth-order valence-corrected chi connectivity index (χ4v) is 2.92. The Balaban J connectivity index is 2.26. The highest BCUT2D eigenvalue weighted by Crippen LogP contribution is 2.41. The number of nitrogens with two attached hydrogens (primary N) is 1. The molecule has 1 aromatic carbocycles. The molecule has 2 rings (SSSR count). The van der Waals surface area contributed by atoms with Crippen molar-refractivity contribution in [2.45, 2.75) is 38.8 Å². The second-order valence-corrected chi connectivity index (χ2v) is 5.70. The Labute approximate surface area is 125 Å². The summed E-state index contributed by atoms with van der Waals surface area (Å²) >= 11 is 6.26. The molecule has 0 radical (unpaired) electrons. The van der Waals surface area contributed by atoms with E-state index in [1.165, 1.54) is 0 Å². The number of ether oxygens (including phenoxy) is 2. The highest BCUT2D eigenvalue weighted by molar-refractivity contribution is 6.32. The fourth-order valence-electron chi connectivity index (χ4n) is 2.65. The Hall–Kier alpha value is -0.970. The summed E-state index contributed by atoms with van der Waals surface area (Å²) in [7, 11) is 2.11. The number of hydrogen-bond donors (Lipinski definition) is 1. The van der Waals surface area contributed by atoms with Crippen molar-refractivity contribution in [1.82, 2.24) is 4.90 Å². The normalized spacial score (nSPS) is 16.5. The number of halogens is 1. The van der Waals surface area contributed by atoms with Gasteiger partial charge in [-0.3, -0.25) is 4.90 Å². The van der Waals surface area contributed by atoms with Crippen molar-refractivity contribution >= 4 is 11.6 Å². The minimum Gasteiger partial charge on any atom is -0.454 e. The monoisotopic (exact) mass is 298 g/mol. The molecule has 112 valence electrons. The second kappa shape index (κ2) is 6.66. The second-order valence-electron chi connectivity index (χ2n) is 5.29. The van der Waals surface area contributed by atoms with Gasteiger partial charge in [-0.05, 0) is 38.1 Å². The van der Waals surface area contributed by atoms with E-state index in [2.05, 4.69) is 25.8 Å². The minimum absolute atomic E-state index is 0.128. The lowest BCUT2D eigenvalue weighted by molar-refractivity contribution is 0.172. The third-order valence-electron chi connectivity index (χ3n) is 3.95. The van der Waals surface area contributed by atoms with Crippen LogP contribution in [0.5, 0.6) is 11.5 Å². The number of rotatable bonds is 6. The number of likely N-dealkylation sites (N-methyl/N-ethyl adjacent to an activating group) is 1. The molecule has 0 aromatic heterocycles. The van der Waals surface area contributed by atoms with Gasteiger partial charge in [0, 0.05) is 18.6 Å². The van der Waals surface area contributed by atoms with E-state index in [9.17, 15) is 0 Å². The predicted octanol–water partition coefficient (Wildman–Crippen LogP) is 3.19. The van der Waals surface area contributed by atoms with E-state index in [1.54, 1.807) is 0 Å². The molecule has 5 heteroatoms. The molecule has 0 amide bonds. The first kappa shape index (κ1) is 15.4. The molecule has 1 heterocycles. The molecule has 0 aliphatic carbocycles. The summed E-state index contributed by atoms with van der Waals surface area (Å²) in [5, 5.41) is 0.588. The largest absolute Gasteiger partial charge is 0.454 e. The Bertz CT molecular complexity index is 467. The van der Waals surface area contributed by atoms with Gasteiger partial charge in [0.15, 0.2) is 11.5 Å². The van der Waals surface area contributed by atoms with Crippen LogP contribution in [0, 0.1) is 0 Å². The van der Waals surface area contributed by atoms with Gasteiger partial charge in [-0.1, -0.05) is 24.9 Å². The van der Waals surface area contributed by atoms with Gasteiger partial charge in [-0.15, -0.1) is 0 Å². The third-order valence-corrected chi connectivity index (χ3v) is 4.23. The van der Waals surface area contributed by atoms with Gasteiger partial charge in [-0.2, -0.15) is 0 Å². The van der Waals surface area contributed by atoms with Crippen LogP contribution in [0.25, 0.3) is 0 Å². The summed E-state index contributed by atoms with van der Waals surface area (Å²) in [4.78, 5) is 2.30. The summed E-state index contributed by atoms with van der Waals surface area (Å²) in [6, 6.07) is 4.52. The zero-order chi connectivity index (χ0) is 14.7. The minimum atomic E-state index is 0.128. The van der Waals surface area contributed by atoms with Crippen LogP contribution in [0.2, 0.25) is 5.02 Å². The van der Waals surface area contributed by atoms with Gasteiger partial charge in [0.05, 0.1) is 5.02 Å². The highest BCUT2D eigenvalue weighted by Gasteiger charge is 2.25. The van der Waals surface area contributed by atoms with Crippen molar-refractivity contribution in [2.75, 3.05) is 20.4 Å². The van der Waals surface area contributed by atoms with Crippen molar-refractivity contribution in [3.63, 3.8) is 0 Å². The number of fused-ring (bicyclic) bond motifs is 1. The standard InChI is InChI=1S/C15H23ClN2O2/c1-4-5-10(2)18(3)13(8-17)11-6-12(16)15-14(7-11)19-9-20-15/h6-7,10,13H,4-5,8-9,17H2,1-3H3. The summed E-state index contributed by atoms with van der Waals surface area (Å²) < 4.78 is 10.8. The van der Waals surface area contributed by atoms with Crippen molar-refractivity contribution in [3.05, 3.63) is 22.7 Å². The SMILES string of the molecule is CCCC(C)N(C)C(CN)c1cc(Cl)c2c(c1)OCO2. The quantitative estimate of drug-likeness (QED) is 0.876. The van der Waals surface area contributed by atoms with Crippen molar-refractivity contribution < 1.29 is 9.47 Å². The van der Waals surface area contributed by atoms with E-state index < -0.39 is 0 Å². The highest BCUT2D eigenvalue weighted by atomic mass is 35.5. The van der Waals surface area contributed by atoms with Gasteiger partial charge < -0.3 is 15.2 Å². The van der Waals surface area contributed by atoms with E-state index >= 15 is 0 Å². The summed E-state index contributed by atoms with van der Waals surface area (Å²) in [6.07, 6.45) is 2.30. The van der Waals surface area contributed by atoms with Crippen molar-refractivity contribution in [2.24, 2.45) is 5.73 Å². The maximum Gasteiger partial charge on any atom is 0.231 e. The molecule has 1 aromatic rings. The van der Waals surface area contributed by atoms with Gasteiger partial charge in [0.1, 0.15) is 0 Å². The van der Waals surface area contributed by atoms with Crippen LogP contribution in [0.1, 0.15) is 38.3 Å². The molecule has 2 atom stereocenters. The summed E-state index contributed by atoms with van der Waals surface area (Å²) in [6.45, 7) is 5.19. The molecule has 0 saturated heterocycles. The van der Waals surface area contributed by atoms with Crippen molar-refractivity contribution in [1.29, 1.82) is 0 Å². The molecule has 2 unspecified atom stereocenters. The van der Waals surface area contributed by atoms with E-state index in [-0.39, 0.29) is 12.8 Å². The first-order valence-electron chi connectivity index (χ1n) is 7.09. The van der Waals surface area contributed by atoms with E-state index in [4.69, 9.17) is 26.8 Å². The van der Waals surface area contributed by atoms with Gasteiger partial charge in [0.2, 0.25) is 6.79 Å². The maximum absolute atomic E-state index is 6.26. The van der Waals surface area contributed by atoms with Crippen LogP contribution in [0.4, 0.5) is 0 Å². The molecule has 20 heavy (non-hydrogen) atoms. The Morgan fingerprint density at radius 2 is 2.15 bits per heavy atom. The van der Waals surface area contributed by atoms with Crippen LogP contribution in [-0.2, 0) is 0 Å². The number of nitrogens with zero attached hydrogens (tertiary/aromatic N) is 1. The lowest BCUT2D eigenvalue weighted by Gasteiger charge is -2.33. The smallest absolute Gasteiger partial charge is 0.231 e. The summed E-state index contributed by atoms with van der Waals surface area (Å²) in [5.41, 5.74) is 7.05. The van der Waals surface area contributed by atoms with Crippen LogP contribution >= 0.6 is 11.6 Å². The van der Waals surface area contributed by atoms with Crippen LogP contribution in [0.15, 0.2) is 12.1 Å².